The zero-order valence-corrected chi connectivity index (χ0v) is 13.0. The second kappa shape index (κ2) is 4.63. The number of hydrogen-bond acceptors (Lipinski definition) is 0. The quantitative estimate of drug-likeness (QED) is 0.545. The van der Waals surface area contributed by atoms with E-state index in [0.29, 0.717) is 17.3 Å². The lowest BCUT2D eigenvalue weighted by Crippen LogP contribution is -2.39. The Hall–Kier alpha value is -0.520. The Balaban J connectivity index is 3.19. The number of allylic oxidation sites excluding steroid dienone is 4. The van der Waals surface area contributed by atoms with Gasteiger partial charge in [0, 0.05) is 0 Å². The van der Waals surface area contributed by atoms with Crippen LogP contribution in [0.25, 0.3) is 0 Å². The first kappa shape index (κ1) is 14.5. The third kappa shape index (κ3) is 3.24. The highest BCUT2D eigenvalue weighted by Gasteiger charge is 2.43. The Morgan fingerprint density at radius 3 is 2.24 bits per heavy atom. The van der Waals surface area contributed by atoms with Crippen molar-refractivity contribution in [3.8, 4) is 0 Å². The van der Waals surface area contributed by atoms with Crippen LogP contribution in [-0.4, -0.2) is 0 Å². The topological polar surface area (TPSA) is 0 Å². The van der Waals surface area contributed by atoms with Crippen LogP contribution in [0.4, 0.5) is 0 Å². The summed E-state index contributed by atoms with van der Waals surface area (Å²) in [6, 6.07) is 0. The average molecular weight is 234 g/mol. The third-order valence-corrected chi connectivity index (χ3v) is 3.93. The van der Waals surface area contributed by atoms with Crippen LogP contribution >= 0.6 is 0 Å². The summed E-state index contributed by atoms with van der Waals surface area (Å²) in [4.78, 5) is 0. The molecule has 0 amide bonds. The summed E-state index contributed by atoms with van der Waals surface area (Å²) in [6.45, 7) is 18.8. The van der Waals surface area contributed by atoms with Gasteiger partial charge in [-0.1, -0.05) is 64.8 Å². The molecule has 0 aliphatic heterocycles. The van der Waals surface area contributed by atoms with E-state index in [0.717, 1.165) is 0 Å². The summed E-state index contributed by atoms with van der Waals surface area (Å²) in [5.74, 6) is 1.30. The van der Waals surface area contributed by atoms with Gasteiger partial charge in [-0.05, 0) is 42.9 Å². The summed E-state index contributed by atoms with van der Waals surface area (Å²) < 4.78 is 0. The number of hydrogen-bond donors (Lipinski definition) is 0. The maximum atomic E-state index is 2.49. The summed E-state index contributed by atoms with van der Waals surface area (Å²) >= 11 is 0. The maximum absolute atomic E-state index is 2.49. The predicted octanol–water partition coefficient (Wildman–Crippen LogP) is 5.61. The van der Waals surface area contributed by atoms with Gasteiger partial charge < -0.3 is 0 Å². The smallest absolute Gasteiger partial charge is 0.00655 e. The number of rotatable bonds is 2. The van der Waals surface area contributed by atoms with Crippen molar-refractivity contribution < 1.29 is 0 Å². The lowest BCUT2D eigenvalue weighted by atomic mass is 9.56. The van der Waals surface area contributed by atoms with Crippen LogP contribution in [0, 0.1) is 22.7 Å². The molecule has 0 saturated heterocycles. The summed E-state index contributed by atoms with van der Waals surface area (Å²) in [7, 11) is 0. The molecule has 1 unspecified atom stereocenters. The van der Waals surface area contributed by atoms with Gasteiger partial charge in [0.15, 0.2) is 0 Å². The maximum Gasteiger partial charge on any atom is -0.00655 e. The van der Waals surface area contributed by atoms with E-state index in [1.807, 2.05) is 0 Å². The van der Waals surface area contributed by atoms with E-state index in [-0.39, 0.29) is 5.41 Å². The molecule has 0 aromatic rings. The summed E-state index contributed by atoms with van der Waals surface area (Å²) in [5.41, 5.74) is 3.77. The zero-order valence-electron chi connectivity index (χ0n) is 13.0. The Morgan fingerprint density at radius 2 is 1.82 bits per heavy atom. The lowest BCUT2D eigenvalue weighted by Gasteiger charge is -2.48. The first-order chi connectivity index (χ1) is 7.56. The van der Waals surface area contributed by atoms with Crippen LogP contribution in [0.5, 0.6) is 0 Å². The molecule has 0 aromatic heterocycles. The molecule has 98 valence electrons. The van der Waals surface area contributed by atoms with Crippen LogP contribution in [0.1, 0.15) is 61.8 Å². The van der Waals surface area contributed by atoms with Crippen molar-refractivity contribution in [2.24, 2.45) is 22.7 Å². The molecular weight excluding hydrogens is 204 g/mol. The fraction of sp³-hybridized carbons (Fsp3) is 0.765. The minimum Gasteiger partial charge on any atom is -0.0827 e. The van der Waals surface area contributed by atoms with E-state index in [1.165, 1.54) is 6.42 Å². The molecule has 0 aromatic carbocycles. The van der Waals surface area contributed by atoms with E-state index in [1.54, 1.807) is 11.1 Å². The molecule has 0 bridgehead atoms. The normalized spacial score (nSPS) is 28.2. The highest BCUT2D eigenvalue weighted by molar-refractivity contribution is 5.24. The molecule has 0 spiro atoms. The third-order valence-electron chi connectivity index (χ3n) is 3.93. The molecule has 1 rings (SSSR count). The summed E-state index contributed by atoms with van der Waals surface area (Å²) in [5, 5.41) is 0. The van der Waals surface area contributed by atoms with Crippen molar-refractivity contribution in [2.45, 2.75) is 61.8 Å². The summed E-state index contributed by atoms with van der Waals surface area (Å²) in [6.07, 6.45) is 6.16. The monoisotopic (exact) mass is 234 g/mol. The van der Waals surface area contributed by atoms with E-state index in [2.05, 4.69) is 67.5 Å². The standard InChI is InChI=1S/C17H30/c1-12(2)9-14(4)15-16(5,6)10-13(3)11-17(15,7)8/h9-10,12,15H,11H2,1-8H3/b14-9+. The van der Waals surface area contributed by atoms with Gasteiger partial charge >= 0.3 is 0 Å². The highest BCUT2D eigenvalue weighted by atomic mass is 14.5. The van der Waals surface area contributed by atoms with Crippen molar-refractivity contribution in [1.82, 2.24) is 0 Å². The molecule has 17 heavy (non-hydrogen) atoms. The first-order valence-corrected chi connectivity index (χ1v) is 6.93. The molecule has 1 aliphatic carbocycles. The van der Waals surface area contributed by atoms with Crippen molar-refractivity contribution in [1.29, 1.82) is 0 Å². The first-order valence-electron chi connectivity index (χ1n) is 6.93. The van der Waals surface area contributed by atoms with Gasteiger partial charge in [-0.3, -0.25) is 0 Å². The van der Waals surface area contributed by atoms with Gasteiger partial charge in [0.05, 0.1) is 0 Å². The molecule has 0 nitrogen and oxygen atoms in total. The van der Waals surface area contributed by atoms with Crippen LogP contribution < -0.4 is 0 Å². The fourth-order valence-corrected chi connectivity index (χ4v) is 4.42. The lowest BCUT2D eigenvalue weighted by molar-refractivity contribution is 0.124. The Labute approximate surface area is 108 Å². The SMILES string of the molecule is CC1=CC(C)(C)C(/C(C)=C/C(C)C)C(C)(C)C1. The molecule has 1 aliphatic rings. The van der Waals surface area contributed by atoms with Gasteiger partial charge in [-0.2, -0.15) is 0 Å². The average Bonchev–Trinajstić information content (AvgIpc) is 1.93. The fourth-order valence-electron chi connectivity index (χ4n) is 4.42. The van der Waals surface area contributed by atoms with Gasteiger partial charge in [0.25, 0.3) is 0 Å². The van der Waals surface area contributed by atoms with Crippen molar-refractivity contribution in [3.05, 3.63) is 23.3 Å². The minimum absolute atomic E-state index is 0.279. The largest absolute Gasteiger partial charge is 0.0827 e. The second-order valence-corrected chi connectivity index (χ2v) is 7.57. The Kier molecular flexibility index (Phi) is 3.96. The highest BCUT2D eigenvalue weighted by Crippen LogP contribution is 2.52. The van der Waals surface area contributed by atoms with Gasteiger partial charge in [0.2, 0.25) is 0 Å². The second-order valence-electron chi connectivity index (χ2n) is 7.57. The van der Waals surface area contributed by atoms with E-state index < -0.39 is 0 Å². The molecule has 0 heterocycles. The molecular formula is C17H30. The molecule has 0 fully saturated rings. The minimum atomic E-state index is 0.279. The predicted molar refractivity (Wildman–Crippen MR) is 78.0 cm³/mol. The van der Waals surface area contributed by atoms with Gasteiger partial charge in [0.1, 0.15) is 0 Å². The van der Waals surface area contributed by atoms with E-state index >= 15 is 0 Å². The Bertz CT molecular complexity index is 337. The van der Waals surface area contributed by atoms with Crippen LogP contribution in [0.15, 0.2) is 23.3 Å². The van der Waals surface area contributed by atoms with Gasteiger partial charge in [-0.25, -0.2) is 0 Å². The molecule has 0 radical (unpaired) electrons. The molecule has 0 N–H and O–H groups in total. The van der Waals surface area contributed by atoms with Crippen molar-refractivity contribution >= 4 is 0 Å². The van der Waals surface area contributed by atoms with E-state index in [4.69, 9.17) is 0 Å². The van der Waals surface area contributed by atoms with Crippen molar-refractivity contribution in [3.63, 3.8) is 0 Å². The van der Waals surface area contributed by atoms with Crippen LogP contribution in [-0.2, 0) is 0 Å². The van der Waals surface area contributed by atoms with Crippen molar-refractivity contribution in [2.75, 3.05) is 0 Å². The molecule has 0 saturated carbocycles. The van der Waals surface area contributed by atoms with Crippen LogP contribution in [0.2, 0.25) is 0 Å². The van der Waals surface area contributed by atoms with Crippen LogP contribution in [0.3, 0.4) is 0 Å². The van der Waals surface area contributed by atoms with E-state index in [9.17, 15) is 0 Å². The molecule has 0 heteroatoms. The zero-order chi connectivity index (χ0) is 13.4. The van der Waals surface area contributed by atoms with Gasteiger partial charge in [-0.15, -0.1) is 0 Å². The Morgan fingerprint density at radius 1 is 1.29 bits per heavy atom. The molecule has 1 atom stereocenters.